The third kappa shape index (κ3) is 5.55. The number of nitriles is 4. The minimum absolute atomic E-state index is 0.564. The van der Waals surface area contributed by atoms with Crippen LogP contribution in [-0.2, 0) is 6.54 Å². The Morgan fingerprint density at radius 3 is 1.48 bits per heavy atom. The van der Waals surface area contributed by atoms with E-state index >= 15 is 0 Å². The standard InChI is InChI=1S/C35H19N5S6/c1-2-11-40-26-14-32(30-9-3-22(41-30)12-20(16-36)28-7-5-24(18-38)43-28)45-34(26)35-27(40)15-33(46-35)31-10-4-23(42-31)13-21(17-37)29-8-6-25(19-39)44-29/h3-10,12-15H,2,11H2,1H3/b20-12+,21-13+. The van der Waals surface area contributed by atoms with Gasteiger partial charge in [-0.15, -0.1) is 68.0 Å². The van der Waals surface area contributed by atoms with Crippen molar-refractivity contribution in [2.45, 2.75) is 19.9 Å². The summed E-state index contributed by atoms with van der Waals surface area (Å²) in [5.74, 6) is 0. The number of nitrogens with zero attached hydrogens (tertiary/aromatic N) is 5. The molecule has 5 nitrogen and oxygen atoms in total. The van der Waals surface area contributed by atoms with Crippen molar-refractivity contribution in [3.8, 4) is 43.8 Å². The highest BCUT2D eigenvalue weighted by Gasteiger charge is 2.20. The summed E-state index contributed by atoms with van der Waals surface area (Å²) in [6.45, 7) is 3.13. The van der Waals surface area contributed by atoms with E-state index in [0.717, 1.165) is 42.2 Å². The van der Waals surface area contributed by atoms with Gasteiger partial charge in [-0.1, -0.05) is 6.92 Å². The highest BCUT2D eigenvalue weighted by molar-refractivity contribution is 7.32. The Balaban J connectivity index is 1.22. The Morgan fingerprint density at radius 1 is 0.609 bits per heavy atom. The lowest BCUT2D eigenvalue weighted by molar-refractivity contribution is 0.725. The lowest BCUT2D eigenvalue weighted by atomic mass is 10.2. The fourth-order valence-electron chi connectivity index (χ4n) is 5.14. The third-order valence-corrected chi connectivity index (χ3v) is 14.1. The van der Waals surface area contributed by atoms with Crippen LogP contribution in [0.4, 0.5) is 0 Å². The summed E-state index contributed by atoms with van der Waals surface area (Å²) in [4.78, 5) is 9.54. The number of aryl methyl sites for hydroxylation is 1. The molecule has 11 heteroatoms. The number of allylic oxidation sites excluding steroid dienone is 2. The van der Waals surface area contributed by atoms with Gasteiger partial charge in [-0.25, -0.2) is 0 Å². The van der Waals surface area contributed by atoms with Crippen LogP contribution in [0.1, 0.15) is 42.6 Å². The molecule has 7 aromatic heterocycles. The van der Waals surface area contributed by atoms with Crippen LogP contribution < -0.4 is 0 Å². The first-order chi connectivity index (χ1) is 22.5. The summed E-state index contributed by atoms with van der Waals surface area (Å²) in [5, 5.41) is 37.9. The summed E-state index contributed by atoms with van der Waals surface area (Å²) in [6, 6.07) is 29.0. The van der Waals surface area contributed by atoms with Crippen LogP contribution in [0.3, 0.4) is 0 Å². The van der Waals surface area contributed by atoms with E-state index < -0.39 is 0 Å². The first-order valence-electron chi connectivity index (χ1n) is 14.0. The Labute approximate surface area is 288 Å². The van der Waals surface area contributed by atoms with Crippen molar-refractivity contribution in [2.24, 2.45) is 0 Å². The largest absolute Gasteiger partial charge is 0.339 e. The van der Waals surface area contributed by atoms with Gasteiger partial charge in [-0.2, -0.15) is 21.0 Å². The summed E-state index contributed by atoms with van der Waals surface area (Å²) in [6.07, 6.45) is 4.84. The van der Waals surface area contributed by atoms with Crippen molar-refractivity contribution < 1.29 is 0 Å². The monoisotopic (exact) mass is 701 g/mol. The van der Waals surface area contributed by atoms with Gasteiger partial charge in [0.05, 0.1) is 31.6 Å². The molecule has 46 heavy (non-hydrogen) atoms. The molecule has 0 aliphatic rings. The van der Waals surface area contributed by atoms with Crippen LogP contribution in [-0.4, -0.2) is 4.57 Å². The van der Waals surface area contributed by atoms with Crippen molar-refractivity contribution in [1.82, 2.24) is 4.57 Å². The molecule has 0 spiro atoms. The van der Waals surface area contributed by atoms with Crippen LogP contribution in [0, 0.1) is 45.3 Å². The molecule has 0 aliphatic carbocycles. The van der Waals surface area contributed by atoms with E-state index in [1.54, 1.807) is 34.8 Å². The number of hydrogen-bond acceptors (Lipinski definition) is 10. The molecule has 7 heterocycles. The molecule has 0 saturated carbocycles. The molecule has 0 fully saturated rings. The number of fused-ring (bicyclic) bond motifs is 3. The second-order valence-corrected chi connectivity index (χ2v) is 16.6. The number of hydrogen-bond donors (Lipinski definition) is 0. The highest BCUT2D eigenvalue weighted by Crippen LogP contribution is 2.47. The number of aromatic nitrogens is 1. The summed E-state index contributed by atoms with van der Waals surface area (Å²) in [7, 11) is 0. The van der Waals surface area contributed by atoms with Gasteiger partial charge in [-0.05, 0) is 79.2 Å². The average molecular weight is 702 g/mol. The molecule has 0 bridgehead atoms. The molecule has 0 atom stereocenters. The van der Waals surface area contributed by atoms with E-state index in [1.807, 2.05) is 47.0 Å². The zero-order valence-corrected chi connectivity index (χ0v) is 28.9. The lowest BCUT2D eigenvalue weighted by Gasteiger charge is -2.02. The molecule has 0 aromatic carbocycles. The molecule has 7 rings (SSSR count). The fraction of sp³-hybridized carbons (Fsp3) is 0.0857. The average Bonchev–Trinajstić information content (AvgIpc) is 3.92. The quantitative estimate of drug-likeness (QED) is 0.147. The Hall–Kier alpha value is -4.56. The Kier molecular flexibility index (Phi) is 8.30. The topological polar surface area (TPSA) is 100 Å². The van der Waals surface area contributed by atoms with Crippen LogP contribution in [0.2, 0.25) is 0 Å². The van der Waals surface area contributed by atoms with E-state index in [9.17, 15) is 10.5 Å². The van der Waals surface area contributed by atoms with E-state index in [4.69, 9.17) is 10.5 Å². The number of thiophene rings is 6. The molecule has 0 radical (unpaired) electrons. The van der Waals surface area contributed by atoms with E-state index in [0.29, 0.717) is 20.9 Å². The molecule has 0 amide bonds. The molecule has 0 unspecified atom stereocenters. The summed E-state index contributed by atoms with van der Waals surface area (Å²) < 4.78 is 5.01. The first kappa shape index (κ1) is 30.1. The van der Waals surface area contributed by atoms with Gasteiger partial charge in [0.2, 0.25) is 0 Å². The third-order valence-electron chi connectivity index (χ3n) is 7.18. The fourth-order valence-corrected chi connectivity index (χ4v) is 11.2. The molecular weight excluding hydrogens is 683 g/mol. The maximum Gasteiger partial charge on any atom is 0.110 e. The zero-order valence-electron chi connectivity index (χ0n) is 24.0. The smallest absolute Gasteiger partial charge is 0.110 e. The molecule has 0 N–H and O–H groups in total. The first-order valence-corrected chi connectivity index (χ1v) is 18.9. The van der Waals surface area contributed by atoms with Gasteiger partial charge in [0, 0.05) is 45.6 Å². The molecule has 0 aliphatic heterocycles. The van der Waals surface area contributed by atoms with Crippen molar-refractivity contribution in [3.63, 3.8) is 0 Å². The zero-order chi connectivity index (χ0) is 31.8. The summed E-state index contributed by atoms with van der Waals surface area (Å²) in [5.41, 5.74) is 3.63. The van der Waals surface area contributed by atoms with Crippen molar-refractivity contribution in [2.75, 3.05) is 0 Å². The Morgan fingerprint density at radius 2 is 1.09 bits per heavy atom. The predicted octanol–water partition coefficient (Wildman–Crippen LogP) is 11.8. The maximum absolute atomic E-state index is 9.77. The van der Waals surface area contributed by atoms with Crippen molar-refractivity contribution in [1.29, 1.82) is 21.0 Å². The normalized spacial score (nSPS) is 11.9. The van der Waals surface area contributed by atoms with Gasteiger partial charge in [0.25, 0.3) is 0 Å². The lowest BCUT2D eigenvalue weighted by Crippen LogP contribution is -1.94. The van der Waals surface area contributed by atoms with Gasteiger partial charge >= 0.3 is 0 Å². The van der Waals surface area contributed by atoms with Crippen LogP contribution in [0.25, 0.3) is 63.2 Å². The molecule has 7 aromatic rings. The van der Waals surface area contributed by atoms with E-state index in [2.05, 4.69) is 72.2 Å². The van der Waals surface area contributed by atoms with Crippen LogP contribution in [0.5, 0.6) is 0 Å². The second-order valence-electron chi connectivity index (χ2n) is 10.1. The van der Waals surface area contributed by atoms with Gasteiger partial charge < -0.3 is 4.57 Å². The van der Waals surface area contributed by atoms with Crippen LogP contribution >= 0.6 is 68.0 Å². The van der Waals surface area contributed by atoms with Crippen LogP contribution in [0.15, 0.2) is 60.7 Å². The van der Waals surface area contributed by atoms with Crippen molar-refractivity contribution in [3.05, 3.63) is 89.9 Å². The predicted molar refractivity (Wildman–Crippen MR) is 197 cm³/mol. The van der Waals surface area contributed by atoms with Crippen molar-refractivity contribution >= 4 is 112 Å². The summed E-state index contributed by atoms with van der Waals surface area (Å²) >= 11 is 9.62. The molecule has 0 saturated heterocycles. The maximum atomic E-state index is 9.77. The molecule has 220 valence electrons. The van der Waals surface area contributed by atoms with E-state index in [1.165, 1.54) is 52.9 Å². The minimum Gasteiger partial charge on any atom is -0.339 e. The second kappa shape index (κ2) is 12.7. The SMILES string of the molecule is CCCn1c2cc(-c3ccc(/C=C(\C#N)c4ccc(C#N)s4)s3)sc2c2sc(-c3ccc(/C=C(\C#N)c4ccc(C#N)s4)s3)cc21. The van der Waals surface area contributed by atoms with Gasteiger partial charge in [-0.3, -0.25) is 0 Å². The minimum atomic E-state index is 0.564. The Bertz CT molecular complexity index is 2330. The van der Waals surface area contributed by atoms with Gasteiger partial charge in [0.1, 0.15) is 34.0 Å². The highest BCUT2D eigenvalue weighted by atomic mass is 32.1. The number of rotatable bonds is 8. The van der Waals surface area contributed by atoms with Gasteiger partial charge in [0.15, 0.2) is 0 Å². The molecular formula is C35H19N5S6. The van der Waals surface area contributed by atoms with E-state index in [-0.39, 0.29) is 0 Å².